The molecule has 0 aromatic carbocycles. The van der Waals surface area contributed by atoms with E-state index in [4.69, 9.17) is 0 Å². The van der Waals surface area contributed by atoms with E-state index in [2.05, 4.69) is 9.05 Å². The first-order chi connectivity index (χ1) is 8.90. The Bertz CT molecular complexity index is 383. The van der Waals surface area contributed by atoms with E-state index < -0.39 is 45.2 Å². The third-order valence-electron chi connectivity index (χ3n) is 1.98. The maximum Gasteiger partial charge on any atom is 0.412 e. The minimum absolute atomic E-state index is 0.303. The lowest BCUT2D eigenvalue weighted by Gasteiger charge is -2.19. The van der Waals surface area contributed by atoms with Gasteiger partial charge in [0.25, 0.3) is 0 Å². The minimum Gasteiger partial charge on any atom is -0.339 e. The predicted molar refractivity (Wildman–Crippen MR) is 53.1 cm³/mol. The van der Waals surface area contributed by atoms with Gasteiger partial charge in [-0.05, 0) is 0 Å². The number of rotatable bonds is 6. The summed E-state index contributed by atoms with van der Waals surface area (Å²) in [5.41, 5.74) is 0. The third kappa shape index (κ3) is 7.11. The smallest absolute Gasteiger partial charge is 0.339 e. The van der Waals surface area contributed by atoms with Crippen molar-refractivity contribution in [2.45, 2.75) is 12.4 Å². The van der Waals surface area contributed by atoms with Crippen molar-refractivity contribution in [2.75, 3.05) is 32.5 Å². The molecule has 20 heavy (non-hydrogen) atoms. The molecule has 0 saturated carbocycles. The van der Waals surface area contributed by atoms with Crippen LogP contribution in [0.2, 0.25) is 0 Å². The van der Waals surface area contributed by atoms with Gasteiger partial charge < -0.3 is 4.90 Å². The average molecular weight is 329 g/mol. The lowest BCUT2D eigenvalue weighted by atomic mass is 10.7. The minimum atomic E-state index is -4.90. The lowest BCUT2D eigenvalue weighted by molar-refractivity contribution is -0.165. The van der Waals surface area contributed by atoms with Gasteiger partial charge in [-0.25, -0.2) is 0 Å². The molecule has 0 spiro atoms. The summed E-state index contributed by atoms with van der Waals surface area (Å²) in [4.78, 5) is 12.4. The molecule has 1 rings (SSSR count). The molecule has 1 aliphatic rings. The molecule has 1 amide bonds. The van der Waals surface area contributed by atoms with Gasteiger partial charge in [0, 0.05) is 13.1 Å². The zero-order chi connectivity index (χ0) is 15.6. The largest absolute Gasteiger partial charge is 0.412 e. The highest BCUT2D eigenvalue weighted by molar-refractivity contribution is 7.54. The molecule has 5 nitrogen and oxygen atoms in total. The SMILES string of the molecule is O=C(CP(=O)(OCC(F)(F)F)OCC(F)(F)F)N1CC1. The topological polar surface area (TPSA) is 55.6 Å². The zero-order valence-corrected chi connectivity index (χ0v) is 10.7. The first kappa shape index (κ1) is 17.3. The maximum absolute atomic E-state index is 11.9. The normalized spacial score (nSPS) is 16.4. The van der Waals surface area contributed by atoms with Crippen molar-refractivity contribution in [1.29, 1.82) is 0 Å². The lowest BCUT2D eigenvalue weighted by Crippen LogP contribution is -2.24. The van der Waals surface area contributed by atoms with Gasteiger partial charge in [-0.3, -0.25) is 18.4 Å². The first-order valence-electron chi connectivity index (χ1n) is 5.20. The van der Waals surface area contributed by atoms with Gasteiger partial charge in [-0.15, -0.1) is 0 Å². The standard InChI is InChI=1S/C8H10F6NO4P/c9-7(10,11)4-18-20(17,19-5-8(12,13)14)3-6(16)15-1-2-15/h1-5H2. The maximum atomic E-state index is 11.9. The molecule has 12 heteroatoms. The Morgan fingerprint density at radius 1 is 1.00 bits per heavy atom. The molecule has 0 unspecified atom stereocenters. The Morgan fingerprint density at radius 3 is 1.70 bits per heavy atom. The average Bonchev–Trinajstić information content (AvgIpc) is 3.06. The molecular weight excluding hydrogens is 319 g/mol. The number of carbonyl (C=O) groups excluding carboxylic acids is 1. The molecule has 1 heterocycles. The van der Waals surface area contributed by atoms with Gasteiger partial charge in [-0.1, -0.05) is 0 Å². The zero-order valence-electron chi connectivity index (χ0n) is 9.83. The van der Waals surface area contributed by atoms with E-state index in [-0.39, 0.29) is 0 Å². The fourth-order valence-corrected chi connectivity index (χ4v) is 2.51. The molecular formula is C8H10F6NO4P. The monoisotopic (exact) mass is 329 g/mol. The molecule has 0 aromatic heterocycles. The summed E-state index contributed by atoms with van der Waals surface area (Å²) in [6, 6.07) is 0. The van der Waals surface area contributed by atoms with Gasteiger partial charge >= 0.3 is 19.9 Å². The van der Waals surface area contributed by atoms with E-state index in [0.29, 0.717) is 13.1 Å². The van der Waals surface area contributed by atoms with Crippen LogP contribution in [0.5, 0.6) is 0 Å². The summed E-state index contributed by atoms with van der Waals surface area (Å²) < 4.78 is 91.3. The number of carbonyl (C=O) groups is 1. The molecule has 0 radical (unpaired) electrons. The fourth-order valence-electron chi connectivity index (χ4n) is 1.04. The summed E-state index contributed by atoms with van der Waals surface area (Å²) in [5, 5.41) is 0. The molecule has 1 saturated heterocycles. The van der Waals surface area contributed by atoms with E-state index in [1.54, 1.807) is 0 Å². The number of nitrogens with zero attached hydrogens (tertiary/aromatic N) is 1. The van der Waals surface area contributed by atoms with Crippen molar-refractivity contribution in [3.8, 4) is 0 Å². The summed E-state index contributed by atoms with van der Waals surface area (Å²) in [6.07, 6.45) is -11.0. The highest BCUT2D eigenvalue weighted by atomic mass is 31.2. The highest BCUT2D eigenvalue weighted by Crippen LogP contribution is 2.50. The molecule has 118 valence electrons. The van der Waals surface area contributed by atoms with E-state index in [1.807, 2.05) is 0 Å². The molecule has 0 atom stereocenters. The summed E-state index contributed by atoms with van der Waals surface area (Å²) in [7, 11) is -4.81. The van der Waals surface area contributed by atoms with Gasteiger partial charge in [-0.2, -0.15) is 26.3 Å². The van der Waals surface area contributed by atoms with E-state index in [0.717, 1.165) is 4.90 Å². The highest BCUT2D eigenvalue weighted by Gasteiger charge is 2.41. The molecule has 1 aliphatic heterocycles. The van der Waals surface area contributed by atoms with E-state index in [9.17, 15) is 35.7 Å². The Morgan fingerprint density at radius 2 is 1.40 bits per heavy atom. The van der Waals surface area contributed by atoms with Crippen molar-refractivity contribution in [3.05, 3.63) is 0 Å². The molecule has 0 aliphatic carbocycles. The molecule has 1 fully saturated rings. The number of amides is 1. The molecule has 0 aromatic rings. The summed E-state index contributed by atoms with van der Waals surface area (Å²) in [5.74, 6) is -0.877. The Kier molecular flexibility index (Phi) is 5.09. The number of hydrogen-bond donors (Lipinski definition) is 0. The second-order valence-corrected chi connectivity index (χ2v) is 5.98. The van der Waals surface area contributed by atoms with E-state index in [1.165, 1.54) is 0 Å². The Labute approximate surface area is 109 Å². The Balaban J connectivity index is 2.65. The van der Waals surface area contributed by atoms with Crippen LogP contribution in [0.1, 0.15) is 0 Å². The second kappa shape index (κ2) is 5.90. The van der Waals surface area contributed by atoms with Crippen LogP contribution in [-0.4, -0.2) is 55.6 Å². The van der Waals surface area contributed by atoms with Crippen molar-refractivity contribution < 1.29 is 44.7 Å². The first-order valence-corrected chi connectivity index (χ1v) is 6.92. The van der Waals surface area contributed by atoms with E-state index >= 15 is 0 Å². The van der Waals surface area contributed by atoms with Crippen LogP contribution in [0, 0.1) is 0 Å². The van der Waals surface area contributed by atoms with Crippen LogP contribution in [0.25, 0.3) is 0 Å². The third-order valence-corrected chi connectivity index (χ3v) is 3.68. The van der Waals surface area contributed by atoms with Crippen LogP contribution in [0.3, 0.4) is 0 Å². The summed E-state index contributed by atoms with van der Waals surface area (Å²) in [6.45, 7) is -3.51. The van der Waals surface area contributed by atoms with Gasteiger partial charge in [0.1, 0.15) is 6.16 Å². The Hall–Kier alpha value is -0.800. The fraction of sp³-hybridized carbons (Fsp3) is 0.875. The molecule has 0 bridgehead atoms. The molecule has 0 N–H and O–H groups in total. The number of halogens is 6. The van der Waals surface area contributed by atoms with Crippen molar-refractivity contribution in [1.82, 2.24) is 4.90 Å². The van der Waals surface area contributed by atoms with Crippen LogP contribution in [-0.2, 0) is 18.4 Å². The van der Waals surface area contributed by atoms with Gasteiger partial charge in [0.05, 0.1) is 0 Å². The van der Waals surface area contributed by atoms with Gasteiger partial charge in [0.2, 0.25) is 5.91 Å². The predicted octanol–water partition coefficient (Wildman–Crippen LogP) is 2.18. The van der Waals surface area contributed by atoms with Gasteiger partial charge in [0.15, 0.2) is 13.2 Å². The van der Waals surface area contributed by atoms with Crippen LogP contribution < -0.4 is 0 Å². The van der Waals surface area contributed by atoms with Crippen molar-refractivity contribution in [3.63, 3.8) is 0 Å². The van der Waals surface area contributed by atoms with Crippen molar-refractivity contribution >= 4 is 13.5 Å². The number of alkyl halides is 6. The summed E-state index contributed by atoms with van der Waals surface area (Å²) >= 11 is 0. The van der Waals surface area contributed by atoms with Crippen LogP contribution >= 0.6 is 7.60 Å². The van der Waals surface area contributed by atoms with Crippen molar-refractivity contribution in [2.24, 2.45) is 0 Å². The second-order valence-electron chi connectivity index (χ2n) is 3.93. The van der Waals surface area contributed by atoms with Crippen LogP contribution in [0.15, 0.2) is 0 Å². The quantitative estimate of drug-likeness (QED) is 0.426. The van der Waals surface area contributed by atoms with Crippen LogP contribution in [0.4, 0.5) is 26.3 Å². The number of hydrogen-bond acceptors (Lipinski definition) is 4.